The number of aliphatic hydroxyl groups excluding tert-OH is 1. The molecule has 0 aromatic carbocycles. The van der Waals surface area contributed by atoms with Gasteiger partial charge in [-0.3, -0.25) is 4.90 Å². The van der Waals surface area contributed by atoms with Gasteiger partial charge in [-0.2, -0.15) is 0 Å². The highest BCUT2D eigenvalue weighted by atomic mass is 16.3. The van der Waals surface area contributed by atoms with E-state index < -0.39 is 0 Å². The van der Waals surface area contributed by atoms with Crippen molar-refractivity contribution < 1.29 is 5.11 Å². The van der Waals surface area contributed by atoms with Crippen LogP contribution in [0.1, 0.15) is 19.8 Å². The standard InChI is InChI=1S/C9H15NO/c1-8-5-9(7-11)3-2-4-10(9)6-8/h5,11H,2-4,6-7H2,1H3/t9-/m0/s1. The molecule has 0 saturated carbocycles. The normalized spacial score (nSPS) is 37.5. The molecule has 1 N–H and O–H groups in total. The Labute approximate surface area is 67.5 Å². The van der Waals surface area contributed by atoms with Crippen LogP contribution >= 0.6 is 0 Å². The number of aliphatic hydroxyl groups is 1. The molecule has 2 rings (SSSR count). The van der Waals surface area contributed by atoms with Crippen molar-refractivity contribution in [1.29, 1.82) is 0 Å². The lowest BCUT2D eigenvalue weighted by atomic mass is 9.98. The molecule has 11 heavy (non-hydrogen) atoms. The van der Waals surface area contributed by atoms with Crippen molar-refractivity contribution in [2.75, 3.05) is 19.7 Å². The van der Waals surface area contributed by atoms with Crippen LogP contribution in [0.5, 0.6) is 0 Å². The summed E-state index contributed by atoms with van der Waals surface area (Å²) in [6.45, 7) is 4.68. The van der Waals surface area contributed by atoms with Crippen molar-refractivity contribution in [2.45, 2.75) is 25.3 Å². The van der Waals surface area contributed by atoms with E-state index in [0.29, 0.717) is 6.61 Å². The van der Waals surface area contributed by atoms with E-state index in [1.54, 1.807) is 0 Å². The molecule has 0 bridgehead atoms. The van der Waals surface area contributed by atoms with Crippen LogP contribution in [0, 0.1) is 0 Å². The van der Waals surface area contributed by atoms with Crippen molar-refractivity contribution in [2.24, 2.45) is 0 Å². The summed E-state index contributed by atoms with van der Waals surface area (Å²) in [7, 11) is 0. The van der Waals surface area contributed by atoms with Crippen molar-refractivity contribution in [3.05, 3.63) is 11.6 Å². The summed E-state index contributed by atoms with van der Waals surface area (Å²) >= 11 is 0. The molecule has 0 amide bonds. The largest absolute Gasteiger partial charge is 0.394 e. The summed E-state index contributed by atoms with van der Waals surface area (Å²) in [6, 6.07) is 0. The third-order valence-corrected chi connectivity index (χ3v) is 2.90. The van der Waals surface area contributed by atoms with Crippen molar-refractivity contribution >= 4 is 0 Å². The van der Waals surface area contributed by atoms with Crippen LogP contribution in [0.25, 0.3) is 0 Å². The Hall–Kier alpha value is -0.340. The van der Waals surface area contributed by atoms with Gasteiger partial charge in [-0.1, -0.05) is 11.6 Å². The van der Waals surface area contributed by atoms with Crippen LogP contribution in [0.3, 0.4) is 0 Å². The molecule has 2 aliphatic heterocycles. The van der Waals surface area contributed by atoms with E-state index in [1.165, 1.54) is 12.0 Å². The van der Waals surface area contributed by atoms with Gasteiger partial charge < -0.3 is 5.11 Å². The summed E-state index contributed by atoms with van der Waals surface area (Å²) in [5.74, 6) is 0. The molecule has 0 aromatic heterocycles. The molecule has 2 aliphatic rings. The molecule has 0 aromatic rings. The van der Waals surface area contributed by atoms with Gasteiger partial charge in [0.05, 0.1) is 12.1 Å². The average molecular weight is 153 g/mol. The maximum absolute atomic E-state index is 9.26. The quantitative estimate of drug-likeness (QED) is 0.562. The predicted molar refractivity (Wildman–Crippen MR) is 44.4 cm³/mol. The van der Waals surface area contributed by atoms with Crippen molar-refractivity contribution in [1.82, 2.24) is 4.90 Å². The number of fused-ring (bicyclic) bond motifs is 1. The first-order valence-corrected chi connectivity index (χ1v) is 4.31. The molecule has 2 heteroatoms. The number of nitrogens with zero attached hydrogens (tertiary/aromatic N) is 1. The molecule has 0 aliphatic carbocycles. The van der Waals surface area contributed by atoms with Crippen LogP contribution in [-0.4, -0.2) is 35.2 Å². The number of rotatable bonds is 1. The minimum Gasteiger partial charge on any atom is -0.394 e. The highest BCUT2D eigenvalue weighted by Gasteiger charge is 2.41. The van der Waals surface area contributed by atoms with E-state index in [9.17, 15) is 5.11 Å². The first-order valence-electron chi connectivity index (χ1n) is 4.31. The lowest BCUT2D eigenvalue weighted by Gasteiger charge is -2.28. The fourth-order valence-corrected chi connectivity index (χ4v) is 2.39. The second-order valence-electron chi connectivity index (χ2n) is 3.78. The Morgan fingerprint density at radius 1 is 1.73 bits per heavy atom. The minimum absolute atomic E-state index is 0.0457. The van der Waals surface area contributed by atoms with Crippen LogP contribution in [0.2, 0.25) is 0 Å². The van der Waals surface area contributed by atoms with Crippen LogP contribution in [0.15, 0.2) is 11.6 Å². The summed E-state index contributed by atoms with van der Waals surface area (Å²) < 4.78 is 0. The molecule has 2 nitrogen and oxygen atoms in total. The van der Waals surface area contributed by atoms with E-state index in [2.05, 4.69) is 17.9 Å². The maximum Gasteiger partial charge on any atom is 0.0651 e. The Bertz CT molecular complexity index is 200. The van der Waals surface area contributed by atoms with Crippen LogP contribution in [-0.2, 0) is 0 Å². The van der Waals surface area contributed by atoms with E-state index in [0.717, 1.165) is 19.5 Å². The predicted octanol–water partition coefficient (Wildman–Crippen LogP) is 0.773. The van der Waals surface area contributed by atoms with Gasteiger partial charge in [-0.25, -0.2) is 0 Å². The first kappa shape index (κ1) is 7.32. The molecular formula is C9H15NO. The molecule has 1 atom stereocenters. The summed E-state index contributed by atoms with van der Waals surface area (Å²) in [6.07, 6.45) is 4.63. The Kier molecular flexibility index (Phi) is 1.55. The Morgan fingerprint density at radius 3 is 3.18 bits per heavy atom. The van der Waals surface area contributed by atoms with Gasteiger partial charge >= 0.3 is 0 Å². The van der Waals surface area contributed by atoms with E-state index in [1.807, 2.05) is 0 Å². The molecule has 0 unspecified atom stereocenters. The molecule has 0 radical (unpaired) electrons. The van der Waals surface area contributed by atoms with E-state index in [4.69, 9.17) is 0 Å². The maximum atomic E-state index is 9.26. The molecule has 2 heterocycles. The highest BCUT2D eigenvalue weighted by Crippen LogP contribution is 2.36. The monoisotopic (exact) mass is 153 g/mol. The summed E-state index contributed by atoms with van der Waals surface area (Å²) in [4.78, 5) is 2.39. The van der Waals surface area contributed by atoms with Gasteiger partial charge in [0.15, 0.2) is 0 Å². The van der Waals surface area contributed by atoms with Gasteiger partial charge in [0, 0.05) is 6.54 Å². The second-order valence-corrected chi connectivity index (χ2v) is 3.78. The van der Waals surface area contributed by atoms with Gasteiger partial charge in [0.2, 0.25) is 0 Å². The lowest BCUT2D eigenvalue weighted by molar-refractivity contribution is 0.124. The smallest absolute Gasteiger partial charge is 0.0651 e. The molecule has 62 valence electrons. The minimum atomic E-state index is 0.0457. The SMILES string of the molecule is CC1=C[C@]2(CO)CCCN2C1. The van der Waals surface area contributed by atoms with Crippen LogP contribution in [0.4, 0.5) is 0 Å². The van der Waals surface area contributed by atoms with E-state index in [-0.39, 0.29) is 5.54 Å². The van der Waals surface area contributed by atoms with Gasteiger partial charge in [-0.15, -0.1) is 0 Å². The molecule has 1 saturated heterocycles. The van der Waals surface area contributed by atoms with E-state index >= 15 is 0 Å². The van der Waals surface area contributed by atoms with Crippen molar-refractivity contribution in [3.63, 3.8) is 0 Å². The van der Waals surface area contributed by atoms with Crippen molar-refractivity contribution in [3.8, 4) is 0 Å². The van der Waals surface area contributed by atoms with Gasteiger partial charge in [0.25, 0.3) is 0 Å². The average Bonchev–Trinajstić information content (AvgIpc) is 2.43. The lowest BCUT2D eigenvalue weighted by Crippen LogP contribution is -2.41. The zero-order valence-corrected chi connectivity index (χ0v) is 7.01. The van der Waals surface area contributed by atoms with Gasteiger partial charge in [-0.05, 0) is 26.3 Å². The molecule has 1 fully saturated rings. The fourth-order valence-electron chi connectivity index (χ4n) is 2.39. The molecule has 0 spiro atoms. The summed E-state index contributed by atoms with van der Waals surface area (Å²) in [5.41, 5.74) is 1.46. The third kappa shape index (κ3) is 0.932. The number of hydrogen-bond donors (Lipinski definition) is 1. The Morgan fingerprint density at radius 2 is 2.55 bits per heavy atom. The topological polar surface area (TPSA) is 23.5 Å². The fraction of sp³-hybridized carbons (Fsp3) is 0.778. The van der Waals surface area contributed by atoms with Crippen LogP contribution < -0.4 is 0 Å². The zero-order chi connectivity index (χ0) is 7.90. The second kappa shape index (κ2) is 2.32. The number of hydrogen-bond acceptors (Lipinski definition) is 2. The molecular weight excluding hydrogens is 138 g/mol. The Balaban J connectivity index is 2.26. The summed E-state index contributed by atoms with van der Waals surface area (Å²) in [5, 5.41) is 9.26. The first-order chi connectivity index (χ1) is 5.27. The highest BCUT2D eigenvalue weighted by molar-refractivity contribution is 5.24. The third-order valence-electron chi connectivity index (χ3n) is 2.90. The van der Waals surface area contributed by atoms with Gasteiger partial charge in [0.1, 0.15) is 0 Å². The zero-order valence-electron chi connectivity index (χ0n) is 7.01.